The fraction of sp³-hybridized carbons (Fsp3) is 0.867. The Morgan fingerprint density at radius 3 is 2.52 bits per heavy atom. The van der Waals surface area contributed by atoms with Crippen LogP contribution < -0.4 is 0 Å². The monoisotopic (exact) mass is 299 g/mol. The molecule has 0 radical (unpaired) electrons. The third kappa shape index (κ3) is 2.92. The SMILES string of the molecule is CCC1C(=O)N([C@H]2CC[C@H](O)CC2)CC[N+]1(C)C(=O)OC. The quantitative estimate of drug-likeness (QED) is 0.776. The summed E-state index contributed by atoms with van der Waals surface area (Å²) in [4.78, 5) is 26.8. The molecule has 2 rings (SSSR count). The van der Waals surface area contributed by atoms with Gasteiger partial charge in [-0.3, -0.25) is 4.79 Å². The predicted molar refractivity (Wildman–Crippen MR) is 77.5 cm³/mol. The molecule has 2 fully saturated rings. The van der Waals surface area contributed by atoms with Gasteiger partial charge in [-0.25, -0.2) is 4.48 Å². The van der Waals surface area contributed by atoms with E-state index in [4.69, 9.17) is 4.74 Å². The van der Waals surface area contributed by atoms with Crippen LogP contribution in [0, 0.1) is 0 Å². The molecule has 0 aromatic heterocycles. The van der Waals surface area contributed by atoms with Crippen molar-refractivity contribution in [2.45, 2.75) is 57.2 Å². The van der Waals surface area contributed by atoms with E-state index >= 15 is 0 Å². The van der Waals surface area contributed by atoms with Gasteiger partial charge in [-0.1, -0.05) is 6.92 Å². The third-order valence-electron chi connectivity index (χ3n) is 5.15. The molecule has 0 aromatic rings. The Morgan fingerprint density at radius 2 is 2.00 bits per heavy atom. The summed E-state index contributed by atoms with van der Waals surface area (Å²) in [7, 11) is 3.16. The molecule has 0 bridgehead atoms. The van der Waals surface area contributed by atoms with Gasteiger partial charge < -0.3 is 14.7 Å². The van der Waals surface area contributed by atoms with E-state index in [0.29, 0.717) is 19.5 Å². The van der Waals surface area contributed by atoms with Crippen LogP contribution >= 0.6 is 0 Å². The Hall–Kier alpha value is -1.14. The van der Waals surface area contributed by atoms with E-state index in [1.165, 1.54) is 7.11 Å². The largest absolute Gasteiger partial charge is 0.516 e. The van der Waals surface area contributed by atoms with Gasteiger partial charge in [0.25, 0.3) is 5.91 Å². The Kier molecular flexibility index (Phi) is 4.88. The zero-order valence-corrected chi connectivity index (χ0v) is 13.2. The fourth-order valence-corrected chi connectivity index (χ4v) is 3.75. The van der Waals surface area contributed by atoms with Gasteiger partial charge in [0.2, 0.25) is 0 Å². The maximum Gasteiger partial charge on any atom is 0.516 e. The van der Waals surface area contributed by atoms with E-state index in [-0.39, 0.29) is 34.7 Å². The zero-order chi connectivity index (χ0) is 15.6. The van der Waals surface area contributed by atoms with E-state index in [1.807, 2.05) is 11.8 Å². The van der Waals surface area contributed by atoms with Crippen LogP contribution in [-0.4, -0.2) is 71.9 Å². The van der Waals surface area contributed by atoms with Crippen molar-refractivity contribution >= 4 is 12.0 Å². The van der Waals surface area contributed by atoms with Crippen LogP contribution in [0.1, 0.15) is 39.0 Å². The first kappa shape index (κ1) is 16.2. The van der Waals surface area contributed by atoms with Gasteiger partial charge in [0.15, 0.2) is 6.04 Å². The lowest BCUT2D eigenvalue weighted by Gasteiger charge is -2.46. The van der Waals surface area contributed by atoms with Crippen molar-refractivity contribution in [2.75, 3.05) is 27.2 Å². The van der Waals surface area contributed by atoms with Crippen molar-refractivity contribution in [3.05, 3.63) is 0 Å². The first-order chi connectivity index (χ1) is 9.93. The molecule has 6 nitrogen and oxygen atoms in total. The first-order valence-corrected chi connectivity index (χ1v) is 7.86. The molecule has 2 amide bonds. The van der Waals surface area contributed by atoms with Gasteiger partial charge in [0.05, 0.1) is 26.8 Å². The summed E-state index contributed by atoms with van der Waals surface area (Å²) in [6, 6.07) is -0.153. The zero-order valence-electron chi connectivity index (χ0n) is 13.2. The molecule has 1 saturated heterocycles. The molecule has 1 saturated carbocycles. The van der Waals surface area contributed by atoms with Gasteiger partial charge in [-0.05, 0) is 25.7 Å². The minimum atomic E-state index is -0.363. The van der Waals surface area contributed by atoms with Gasteiger partial charge in [0.1, 0.15) is 6.54 Å². The van der Waals surface area contributed by atoms with E-state index in [2.05, 4.69) is 0 Å². The molecule has 0 spiro atoms. The number of carbonyl (C=O) groups is 2. The summed E-state index contributed by atoms with van der Waals surface area (Å²) in [6.45, 7) is 3.12. The lowest BCUT2D eigenvalue weighted by molar-refractivity contribution is -0.858. The second kappa shape index (κ2) is 6.32. The van der Waals surface area contributed by atoms with Crippen LogP contribution in [0.5, 0.6) is 0 Å². The highest BCUT2D eigenvalue weighted by molar-refractivity contribution is 5.83. The number of rotatable bonds is 2. The molecule has 0 aromatic carbocycles. The summed E-state index contributed by atoms with van der Waals surface area (Å²) < 4.78 is 4.94. The summed E-state index contributed by atoms with van der Waals surface area (Å²) in [5.74, 6) is 0.0537. The Morgan fingerprint density at radius 1 is 1.38 bits per heavy atom. The lowest BCUT2D eigenvalue weighted by Crippen LogP contribution is -2.69. The summed E-state index contributed by atoms with van der Waals surface area (Å²) in [6.07, 6.45) is 3.28. The average Bonchev–Trinajstić information content (AvgIpc) is 2.48. The maximum absolute atomic E-state index is 12.8. The number of amides is 2. The number of ether oxygens (including phenoxy) is 1. The number of aliphatic hydroxyl groups is 1. The Balaban J connectivity index is 2.13. The van der Waals surface area contributed by atoms with E-state index in [1.54, 1.807) is 7.05 Å². The van der Waals surface area contributed by atoms with Crippen LogP contribution in [0.4, 0.5) is 4.79 Å². The third-order valence-corrected chi connectivity index (χ3v) is 5.15. The van der Waals surface area contributed by atoms with E-state index in [0.717, 1.165) is 25.7 Å². The molecular weight excluding hydrogens is 272 g/mol. The topological polar surface area (TPSA) is 66.8 Å². The molecule has 2 unspecified atom stereocenters. The standard InChI is InChI=1S/C15H27N2O4/c1-4-13-14(19)16(11-5-7-12(18)8-6-11)9-10-17(13,2)15(20)21-3/h11-13,18H,4-10H2,1-3H3/q+1/t11-,12-,13?,17?. The fourth-order valence-electron chi connectivity index (χ4n) is 3.75. The van der Waals surface area contributed by atoms with Crippen molar-refractivity contribution in [3.63, 3.8) is 0 Å². The number of likely N-dealkylation sites (N-methyl/N-ethyl adjacent to an activating group) is 1. The van der Waals surface area contributed by atoms with E-state index < -0.39 is 0 Å². The Labute approximate surface area is 126 Å². The molecule has 1 heterocycles. The van der Waals surface area contributed by atoms with Gasteiger partial charge in [-0.15, -0.1) is 0 Å². The molecule has 21 heavy (non-hydrogen) atoms. The molecule has 6 heteroatoms. The van der Waals surface area contributed by atoms with Crippen LogP contribution in [0.2, 0.25) is 0 Å². The van der Waals surface area contributed by atoms with Crippen LogP contribution in [-0.2, 0) is 9.53 Å². The molecule has 1 aliphatic heterocycles. The van der Waals surface area contributed by atoms with Crippen LogP contribution in [0.3, 0.4) is 0 Å². The van der Waals surface area contributed by atoms with Crippen molar-refractivity contribution in [2.24, 2.45) is 0 Å². The lowest BCUT2D eigenvalue weighted by atomic mass is 9.90. The normalized spacial score (nSPS) is 37.4. The van der Waals surface area contributed by atoms with Crippen LogP contribution in [0.25, 0.3) is 0 Å². The summed E-state index contributed by atoms with van der Waals surface area (Å²) in [5, 5.41) is 9.61. The predicted octanol–water partition coefficient (Wildman–Crippen LogP) is 1.12. The molecule has 1 aliphatic carbocycles. The van der Waals surface area contributed by atoms with Gasteiger partial charge >= 0.3 is 6.09 Å². The number of aliphatic hydroxyl groups excluding tert-OH is 1. The molecular formula is C15H27N2O4+. The van der Waals surface area contributed by atoms with Crippen molar-refractivity contribution in [3.8, 4) is 0 Å². The van der Waals surface area contributed by atoms with Crippen molar-refractivity contribution in [1.82, 2.24) is 4.90 Å². The van der Waals surface area contributed by atoms with Crippen molar-refractivity contribution in [1.29, 1.82) is 0 Å². The first-order valence-electron chi connectivity index (χ1n) is 7.86. The summed E-state index contributed by atoms with van der Waals surface area (Å²) in [5.41, 5.74) is 0. The number of carbonyl (C=O) groups excluding carboxylic acids is 2. The molecule has 2 aliphatic rings. The number of piperazine rings is 1. The second-order valence-corrected chi connectivity index (χ2v) is 6.38. The van der Waals surface area contributed by atoms with Gasteiger partial charge in [-0.2, -0.15) is 4.79 Å². The number of hydrogen-bond donors (Lipinski definition) is 1. The maximum atomic E-state index is 12.8. The minimum Gasteiger partial charge on any atom is -0.423 e. The highest BCUT2D eigenvalue weighted by Crippen LogP contribution is 2.29. The Bertz CT molecular complexity index is 406. The number of hydrogen-bond acceptors (Lipinski definition) is 4. The highest BCUT2D eigenvalue weighted by atomic mass is 16.5. The van der Waals surface area contributed by atoms with Crippen LogP contribution in [0.15, 0.2) is 0 Å². The molecule has 1 N–H and O–H groups in total. The second-order valence-electron chi connectivity index (χ2n) is 6.38. The number of methoxy groups -OCH3 is 1. The highest BCUT2D eigenvalue weighted by Gasteiger charge is 2.51. The minimum absolute atomic E-state index is 0.0394. The van der Waals surface area contributed by atoms with Crippen molar-refractivity contribution < 1.29 is 23.9 Å². The number of nitrogens with zero attached hydrogens (tertiary/aromatic N) is 2. The molecule has 2 atom stereocenters. The number of quaternary nitrogens is 1. The van der Waals surface area contributed by atoms with E-state index in [9.17, 15) is 14.7 Å². The smallest absolute Gasteiger partial charge is 0.423 e. The van der Waals surface area contributed by atoms with Gasteiger partial charge in [0, 0.05) is 12.5 Å². The average molecular weight is 299 g/mol. The molecule has 120 valence electrons. The summed E-state index contributed by atoms with van der Waals surface area (Å²) >= 11 is 0.